The van der Waals surface area contributed by atoms with E-state index in [1.54, 1.807) is 13.0 Å². The number of aryl methyl sites for hydroxylation is 1. The highest BCUT2D eigenvalue weighted by Gasteiger charge is 2.12. The predicted molar refractivity (Wildman–Crippen MR) is 67.8 cm³/mol. The Hall–Kier alpha value is -2.83. The molecule has 0 aliphatic carbocycles. The average molecular weight is 277 g/mol. The number of rotatable bonds is 5. The number of nitro benzene ring substituents is 1. The summed E-state index contributed by atoms with van der Waals surface area (Å²) in [6, 6.07) is 7.21. The Morgan fingerprint density at radius 1 is 1.40 bits per heavy atom. The van der Waals surface area contributed by atoms with Crippen LogP contribution in [0.1, 0.15) is 21.9 Å². The maximum absolute atomic E-state index is 10.7. The number of aromatic carboxylic acids is 1. The number of nitrogens with zero attached hydrogens (tertiary/aromatic N) is 1. The topological polar surface area (TPSA) is 103 Å². The zero-order valence-corrected chi connectivity index (χ0v) is 10.5. The molecule has 0 aliphatic rings. The van der Waals surface area contributed by atoms with E-state index in [4.69, 9.17) is 14.3 Å². The van der Waals surface area contributed by atoms with Gasteiger partial charge in [-0.3, -0.25) is 10.1 Å². The molecule has 0 saturated carbocycles. The van der Waals surface area contributed by atoms with Crippen molar-refractivity contribution in [2.75, 3.05) is 0 Å². The van der Waals surface area contributed by atoms with E-state index in [2.05, 4.69) is 0 Å². The summed E-state index contributed by atoms with van der Waals surface area (Å²) < 4.78 is 10.4. The fourth-order valence-electron chi connectivity index (χ4n) is 1.65. The van der Waals surface area contributed by atoms with Gasteiger partial charge in [0.25, 0.3) is 5.69 Å². The van der Waals surface area contributed by atoms with Crippen molar-refractivity contribution in [2.45, 2.75) is 13.5 Å². The molecule has 0 aliphatic heterocycles. The summed E-state index contributed by atoms with van der Waals surface area (Å²) in [4.78, 5) is 20.8. The zero-order chi connectivity index (χ0) is 14.7. The summed E-state index contributed by atoms with van der Waals surface area (Å²) >= 11 is 0. The lowest BCUT2D eigenvalue weighted by atomic mass is 10.2. The van der Waals surface area contributed by atoms with Gasteiger partial charge in [-0.15, -0.1) is 0 Å². The van der Waals surface area contributed by atoms with Crippen LogP contribution in [0.4, 0.5) is 5.69 Å². The number of hydrogen-bond donors (Lipinski definition) is 1. The summed E-state index contributed by atoms with van der Waals surface area (Å²) in [6.07, 6.45) is 0. The second-order valence-corrected chi connectivity index (χ2v) is 4.07. The van der Waals surface area contributed by atoms with Crippen molar-refractivity contribution in [2.24, 2.45) is 0 Å². The van der Waals surface area contributed by atoms with Gasteiger partial charge in [-0.25, -0.2) is 4.79 Å². The van der Waals surface area contributed by atoms with Crippen molar-refractivity contribution < 1.29 is 24.0 Å². The molecule has 0 unspecified atom stereocenters. The Bertz CT molecular complexity index is 661. The molecule has 2 aromatic rings. The van der Waals surface area contributed by atoms with E-state index >= 15 is 0 Å². The molecule has 0 radical (unpaired) electrons. The summed E-state index contributed by atoms with van der Waals surface area (Å²) in [5.74, 6) is -0.509. The van der Waals surface area contributed by atoms with Crippen molar-refractivity contribution in [1.82, 2.24) is 0 Å². The molecular formula is C13H11NO6. The van der Waals surface area contributed by atoms with E-state index in [0.29, 0.717) is 17.1 Å². The number of carbonyl (C=O) groups is 1. The van der Waals surface area contributed by atoms with Gasteiger partial charge in [0, 0.05) is 11.6 Å². The number of ether oxygens (including phenoxy) is 1. The van der Waals surface area contributed by atoms with Gasteiger partial charge in [-0.2, -0.15) is 0 Å². The van der Waals surface area contributed by atoms with Gasteiger partial charge < -0.3 is 14.3 Å². The molecular weight excluding hydrogens is 266 g/mol. The molecule has 0 atom stereocenters. The van der Waals surface area contributed by atoms with E-state index in [9.17, 15) is 14.9 Å². The van der Waals surface area contributed by atoms with Gasteiger partial charge in [-0.05, 0) is 31.2 Å². The van der Waals surface area contributed by atoms with Crippen LogP contribution in [0.3, 0.4) is 0 Å². The number of benzene rings is 1. The van der Waals surface area contributed by atoms with Crippen LogP contribution in [-0.2, 0) is 6.61 Å². The van der Waals surface area contributed by atoms with Gasteiger partial charge in [0.2, 0.25) is 5.76 Å². The van der Waals surface area contributed by atoms with Crippen LogP contribution >= 0.6 is 0 Å². The number of hydrogen-bond acceptors (Lipinski definition) is 5. The van der Waals surface area contributed by atoms with E-state index in [-0.39, 0.29) is 18.1 Å². The first-order valence-electron chi connectivity index (χ1n) is 5.67. The molecule has 0 spiro atoms. The smallest absolute Gasteiger partial charge is 0.371 e. The molecule has 0 bridgehead atoms. The summed E-state index contributed by atoms with van der Waals surface area (Å²) in [5, 5.41) is 19.4. The van der Waals surface area contributed by atoms with Crippen LogP contribution < -0.4 is 4.74 Å². The molecule has 7 nitrogen and oxygen atoms in total. The van der Waals surface area contributed by atoms with Crippen molar-refractivity contribution in [3.63, 3.8) is 0 Å². The lowest BCUT2D eigenvalue weighted by molar-refractivity contribution is -0.385. The highest BCUT2D eigenvalue weighted by molar-refractivity contribution is 5.84. The Morgan fingerprint density at radius 3 is 2.70 bits per heavy atom. The summed E-state index contributed by atoms with van der Waals surface area (Å²) in [7, 11) is 0. The molecule has 20 heavy (non-hydrogen) atoms. The molecule has 1 aromatic carbocycles. The highest BCUT2D eigenvalue weighted by atomic mass is 16.6. The first kappa shape index (κ1) is 13.6. The minimum absolute atomic E-state index is 0.0171. The Morgan fingerprint density at radius 2 is 2.15 bits per heavy atom. The molecule has 104 valence electrons. The van der Waals surface area contributed by atoms with Gasteiger partial charge >= 0.3 is 5.97 Å². The van der Waals surface area contributed by atoms with E-state index in [1.807, 2.05) is 0 Å². The van der Waals surface area contributed by atoms with Crippen LogP contribution in [-0.4, -0.2) is 16.0 Å². The molecule has 0 amide bonds. The average Bonchev–Trinajstić information content (AvgIpc) is 2.85. The third kappa shape index (κ3) is 2.94. The van der Waals surface area contributed by atoms with Crippen molar-refractivity contribution in [3.05, 3.63) is 57.5 Å². The second-order valence-electron chi connectivity index (χ2n) is 4.07. The largest absolute Gasteiger partial charge is 0.486 e. The first-order valence-corrected chi connectivity index (χ1v) is 5.67. The monoisotopic (exact) mass is 277 g/mol. The third-order valence-corrected chi connectivity index (χ3v) is 2.62. The van der Waals surface area contributed by atoms with E-state index in [0.717, 1.165) is 0 Å². The predicted octanol–water partition coefficient (Wildman–Crippen LogP) is 2.77. The maximum Gasteiger partial charge on any atom is 0.371 e. The molecule has 1 N–H and O–H groups in total. The lowest BCUT2D eigenvalue weighted by Gasteiger charge is -2.05. The first-order chi connectivity index (χ1) is 9.47. The SMILES string of the molecule is Cc1cc(OCc2ccc(C(=O)O)o2)ccc1[N+](=O)[O-]. The zero-order valence-electron chi connectivity index (χ0n) is 10.5. The molecule has 1 heterocycles. The number of carboxylic acids is 1. The van der Waals surface area contributed by atoms with Crippen molar-refractivity contribution >= 4 is 11.7 Å². The minimum Gasteiger partial charge on any atom is -0.486 e. The van der Waals surface area contributed by atoms with Gasteiger partial charge in [-0.1, -0.05) is 0 Å². The molecule has 7 heteroatoms. The second kappa shape index (κ2) is 5.43. The van der Waals surface area contributed by atoms with Crippen LogP contribution in [0.25, 0.3) is 0 Å². The number of carboxylic acid groups (broad SMARTS) is 1. The third-order valence-electron chi connectivity index (χ3n) is 2.62. The van der Waals surface area contributed by atoms with E-state index < -0.39 is 10.9 Å². The van der Waals surface area contributed by atoms with Crippen LogP contribution in [0.15, 0.2) is 34.7 Å². The van der Waals surface area contributed by atoms with Crippen LogP contribution in [0.5, 0.6) is 5.75 Å². The quantitative estimate of drug-likeness (QED) is 0.665. The van der Waals surface area contributed by atoms with E-state index in [1.165, 1.54) is 24.3 Å². The summed E-state index contributed by atoms with van der Waals surface area (Å²) in [5.41, 5.74) is 0.502. The standard InChI is InChI=1S/C13H11NO6/c1-8-6-9(2-4-11(8)14(17)18)19-7-10-3-5-12(20-10)13(15)16/h2-6H,7H2,1H3,(H,15,16). The number of nitro groups is 1. The van der Waals surface area contributed by atoms with Crippen LogP contribution in [0, 0.1) is 17.0 Å². The fourth-order valence-corrected chi connectivity index (χ4v) is 1.65. The summed E-state index contributed by atoms with van der Waals surface area (Å²) in [6.45, 7) is 1.66. The molecule has 0 fully saturated rings. The maximum atomic E-state index is 10.7. The van der Waals surface area contributed by atoms with Gasteiger partial charge in [0.1, 0.15) is 18.1 Å². The Labute approximate surface area is 113 Å². The highest BCUT2D eigenvalue weighted by Crippen LogP contribution is 2.23. The van der Waals surface area contributed by atoms with Gasteiger partial charge in [0.05, 0.1) is 4.92 Å². The van der Waals surface area contributed by atoms with Crippen LogP contribution in [0.2, 0.25) is 0 Å². The lowest BCUT2D eigenvalue weighted by Crippen LogP contribution is -1.97. The van der Waals surface area contributed by atoms with Crippen molar-refractivity contribution in [3.8, 4) is 5.75 Å². The van der Waals surface area contributed by atoms with Gasteiger partial charge in [0.15, 0.2) is 0 Å². The molecule has 1 aromatic heterocycles. The minimum atomic E-state index is -1.15. The fraction of sp³-hybridized carbons (Fsp3) is 0.154. The normalized spacial score (nSPS) is 10.2. The Kier molecular flexibility index (Phi) is 3.69. The Balaban J connectivity index is 2.05. The molecule has 2 rings (SSSR count). The van der Waals surface area contributed by atoms with Crippen molar-refractivity contribution in [1.29, 1.82) is 0 Å². The number of furan rings is 1. The molecule has 0 saturated heterocycles.